The van der Waals surface area contributed by atoms with E-state index >= 15 is 0 Å². The smallest absolute Gasteiger partial charge is 0.251 e. The maximum absolute atomic E-state index is 14.0. The van der Waals surface area contributed by atoms with E-state index in [1.807, 2.05) is 76.2 Å². The number of benzene rings is 2. The van der Waals surface area contributed by atoms with Gasteiger partial charge in [0.15, 0.2) is 6.04 Å². The number of carbonyl (C=O) groups is 2. The van der Waals surface area contributed by atoms with Gasteiger partial charge in [-0.05, 0) is 62.6 Å². The van der Waals surface area contributed by atoms with Crippen LogP contribution < -0.4 is 10.2 Å². The van der Waals surface area contributed by atoms with E-state index in [2.05, 4.69) is 15.6 Å². The summed E-state index contributed by atoms with van der Waals surface area (Å²) in [7, 11) is 0. The third-order valence-corrected chi connectivity index (χ3v) is 6.27. The summed E-state index contributed by atoms with van der Waals surface area (Å²) in [5, 5.41) is 11.5. The molecule has 4 aromatic rings. The van der Waals surface area contributed by atoms with Gasteiger partial charge in [-0.1, -0.05) is 49.4 Å². The maximum atomic E-state index is 14.0. The molecule has 0 saturated heterocycles. The van der Waals surface area contributed by atoms with E-state index < -0.39 is 11.6 Å². The van der Waals surface area contributed by atoms with Gasteiger partial charge in [0.2, 0.25) is 5.91 Å². The van der Waals surface area contributed by atoms with E-state index in [4.69, 9.17) is 4.42 Å². The lowest BCUT2D eigenvalue weighted by Crippen LogP contribution is -2.51. The number of nitrogens with zero attached hydrogens (tertiary/aromatic N) is 4. The van der Waals surface area contributed by atoms with E-state index in [1.165, 1.54) is 11.2 Å². The Kier molecular flexibility index (Phi) is 7.00. The molecular formula is C27H31N5O3. The lowest BCUT2D eigenvalue weighted by atomic mass is 10.00. The molecule has 1 N–H and O–H groups in total. The third-order valence-electron chi connectivity index (χ3n) is 6.27. The third kappa shape index (κ3) is 5.11. The minimum Gasteiger partial charge on any atom is -0.467 e. The second kappa shape index (κ2) is 10.1. The number of hydrogen-bond donors (Lipinski definition) is 1. The number of hydrogen-bond acceptors (Lipinski definition) is 5. The molecule has 8 nitrogen and oxygen atoms in total. The van der Waals surface area contributed by atoms with Crippen LogP contribution >= 0.6 is 0 Å². The first-order valence-electron chi connectivity index (χ1n) is 11.9. The van der Waals surface area contributed by atoms with Crippen molar-refractivity contribution in [3.05, 3.63) is 78.3 Å². The predicted octanol–water partition coefficient (Wildman–Crippen LogP) is 4.67. The van der Waals surface area contributed by atoms with E-state index in [0.29, 0.717) is 23.4 Å². The van der Waals surface area contributed by atoms with Crippen molar-refractivity contribution in [2.24, 2.45) is 0 Å². The van der Waals surface area contributed by atoms with Crippen LogP contribution in [0.4, 0.5) is 5.69 Å². The molecule has 0 saturated carbocycles. The average Bonchev–Trinajstić information content (AvgIpc) is 3.52. The molecule has 4 rings (SSSR count). The molecule has 182 valence electrons. The van der Waals surface area contributed by atoms with Crippen LogP contribution in [0.15, 0.2) is 71.3 Å². The Morgan fingerprint density at radius 2 is 1.80 bits per heavy atom. The minimum atomic E-state index is -0.995. The Morgan fingerprint density at radius 1 is 1.06 bits per heavy atom. The molecular weight excluding hydrogens is 442 g/mol. The van der Waals surface area contributed by atoms with Crippen molar-refractivity contribution < 1.29 is 14.0 Å². The molecule has 0 unspecified atom stereocenters. The zero-order valence-corrected chi connectivity index (χ0v) is 20.6. The van der Waals surface area contributed by atoms with Crippen molar-refractivity contribution in [3.8, 4) is 0 Å². The summed E-state index contributed by atoms with van der Waals surface area (Å²) in [6.45, 7) is 7.86. The van der Waals surface area contributed by atoms with Crippen LogP contribution in [0.5, 0.6) is 0 Å². The first kappa shape index (κ1) is 24.2. The average molecular weight is 474 g/mol. The second-order valence-electron chi connectivity index (χ2n) is 9.13. The fourth-order valence-corrected chi connectivity index (χ4v) is 4.01. The van der Waals surface area contributed by atoms with Crippen LogP contribution in [-0.2, 0) is 22.6 Å². The highest BCUT2D eigenvalue weighted by atomic mass is 16.3. The highest BCUT2D eigenvalue weighted by molar-refractivity contribution is 6.02. The Balaban J connectivity index is 1.81. The SMILES string of the molecule is CCc1ccccc1N(C(=O)Cn1nnc2ccccc21)[C@@H](C(=O)NC(C)(C)CC)c1ccco1. The number of para-hydroxylation sites is 2. The van der Waals surface area contributed by atoms with Crippen LogP contribution in [0.25, 0.3) is 11.0 Å². The fourth-order valence-electron chi connectivity index (χ4n) is 4.01. The summed E-state index contributed by atoms with van der Waals surface area (Å²) >= 11 is 0. The molecule has 2 amide bonds. The lowest BCUT2D eigenvalue weighted by molar-refractivity contribution is -0.128. The van der Waals surface area contributed by atoms with Crippen molar-refractivity contribution in [1.29, 1.82) is 0 Å². The molecule has 35 heavy (non-hydrogen) atoms. The Hall–Kier alpha value is -3.94. The van der Waals surface area contributed by atoms with Gasteiger partial charge in [0.1, 0.15) is 17.8 Å². The van der Waals surface area contributed by atoms with Crippen LogP contribution in [-0.4, -0.2) is 32.3 Å². The van der Waals surface area contributed by atoms with Crippen LogP contribution in [0, 0.1) is 0 Å². The second-order valence-corrected chi connectivity index (χ2v) is 9.13. The Labute approximate surface area is 204 Å². The number of amides is 2. The molecule has 0 fully saturated rings. The molecule has 2 aromatic heterocycles. The summed E-state index contributed by atoms with van der Waals surface area (Å²) in [4.78, 5) is 29.3. The van der Waals surface area contributed by atoms with Crippen molar-refractivity contribution in [1.82, 2.24) is 20.3 Å². The van der Waals surface area contributed by atoms with Gasteiger partial charge in [0.25, 0.3) is 5.91 Å². The van der Waals surface area contributed by atoms with E-state index in [9.17, 15) is 9.59 Å². The monoisotopic (exact) mass is 473 g/mol. The van der Waals surface area contributed by atoms with Gasteiger partial charge in [-0.2, -0.15) is 0 Å². The number of aromatic nitrogens is 3. The standard InChI is InChI=1S/C27H31N5O3/c1-5-19-12-7-9-14-21(19)32(24(33)18-31-22-15-10-8-13-20(22)29-30-31)25(23-16-11-17-35-23)26(34)28-27(3,4)6-2/h7-17,25H,5-6,18H2,1-4H3,(H,28,34)/t25-/m1/s1. The topological polar surface area (TPSA) is 93.3 Å². The van der Waals surface area contributed by atoms with Crippen LogP contribution in [0.1, 0.15) is 51.5 Å². The molecule has 0 spiro atoms. The van der Waals surface area contributed by atoms with E-state index in [1.54, 1.807) is 16.8 Å². The van der Waals surface area contributed by atoms with E-state index in [-0.39, 0.29) is 18.4 Å². The molecule has 0 aliphatic rings. The van der Waals surface area contributed by atoms with Crippen LogP contribution in [0.2, 0.25) is 0 Å². The number of nitrogens with one attached hydrogen (secondary N) is 1. The van der Waals surface area contributed by atoms with Gasteiger partial charge in [0, 0.05) is 11.2 Å². The Bertz CT molecular complexity index is 1310. The molecule has 2 heterocycles. The van der Waals surface area contributed by atoms with Gasteiger partial charge in [-0.15, -0.1) is 5.10 Å². The summed E-state index contributed by atoms with van der Waals surface area (Å²) in [6.07, 6.45) is 2.94. The number of carbonyl (C=O) groups excluding carboxylic acids is 2. The molecule has 1 atom stereocenters. The lowest BCUT2D eigenvalue weighted by Gasteiger charge is -2.34. The highest BCUT2D eigenvalue weighted by Crippen LogP contribution is 2.32. The minimum absolute atomic E-state index is 0.0831. The van der Waals surface area contributed by atoms with Gasteiger partial charge in [-0.3, -0.25) is 14.5 Å². The number of anilines is 1. The summed E-state index contributed by atoms with van der Waals surface area (Å²) in [5.41, 5.74) is 2.60. The van der Waals surface area contributed by atoms with Gasteiger partial charge in [-0.25, -0.2) is 4.68 Å². The normalized spacial score (nSPS) is 12.5. The van der Waals surface area contributed by atoms with Crippen molar-refractivity contribution >= 4 is 28.5 Å². The zero-order chi connectivity index (χ0) is 25.0. The maximum Gasteiger partial charge on any atom is 0.251 e. The van der Waals surface area contributed by atoms with Gasteiger partial charge >= 0.3 is 0 Å². The fraction of sp³-hybridized carbons (Fsp3) is 0.333. The predicted molar refractivity (Wildman–Crippen MR) is 135 cm³/mol. The molecule has 0 aliphatic heterocycles. The largest absolute Gasteiger partial charge is 0.467 e. The van der Waals surface area contributed by atoms with Gasteiger partial charge < -0.3 is 9.73 Å². The summed E-state index contributed by atoms with van der Waals surface area (Å²) in [6, 6.07) is 17.5. The highest BCUT2D eigenvalue weighted by Gasteiger charge is 2.37. The number of fused-ring (bicyclic) bond motifs is 1. The summed E-state index contributed by atoms with van der Waals surface area (Å²) in [5.74, 6) is -0.223. The molecule has 8 heteroatoms. The van der Waals surface area contributed by atoms with Crippen LogP contribution in [0.3, 0.4) is 0 Å². The molecule has 0 aliphatic carbocycles. The van der Waals surface area contributed by atoms with E-state index in [0.717, 1.165) is 17.5 Å². The van der Waals surface area contributed by atoms with Crippen molar-refractivity contribution in [3.63, 3.8) is 0 Å². The molecule has 0 bridgehead atoms. The molecule has 2 aromatic carbocycles. The van der Waals surface area contributed by atoms with Gasteiger partial charge in [0.05, 0.1) is 11.8 Å². The first-order valence-corrected chi connectivity index (χ1v) is 11.9. The summed E-state index contributed by atoms with van der Waals surface area (Å²) < 4.78 is 7.27. The van der Waals surface area contributed by atoms with Crippen molar-refractivity contribution in [2.75, 3.05) is 4.90 Å². The number of rotatable bonds is 9. The zero-order valence-electron chi connectivity index (χ0n) is 20.6. The Morgan fingerprint density at radius 3 is 2.51 bits per heavy atom. The number of aryl methyl sites for hydroxylation is 1. The quantitative estimate of drug-likeness (QED) is 0.381. The number of furan rings is 1. The first-order chi connectivity index (χ1) is 16.8. The van der Waals surface area contributed by atoms with Crippen molar-refractivity contribution in [2.45, 2.75) is 58.7 Å². The molecule has 0 radical (unpaired) electrons.